The van der Waals surface area contributed by atoms with E-state index < -0.39 is 17.9 Å². The fraction of sp³-hybridized carbons (Fsp3) is 0.278. The fourth-order valence-corrected chi connectivity index (χ4v) is 2.65. The van der Waals surface area contributed by atoms with Crippen molar-refractivity contribution in [3.05, 3.63) is 54.0 Å². The molecule has 0 N–H and O–H groups in total. The predicted octanol–water partition coefficient (Wildman–Crippen LogP) is 2.02. The average molecular weight is 343 g/mol. The molecule has 0 radical (unpaired) electrons. The van der Waals surface area contributed by atoms with Gasteiger partial charge in [-0.1, -0.05) is 0 Å². The van der Waals surface area contributed by atoms with Crippen LogP contribution in [0.25, 0.3) is 0 Å². The minimum Gasteiger partial charge on any atom is -0.467 e. The molecule has 1 amide bonds. The van der Waals surface area contributed by atoms with Gasteiger partial charge in [-0.05, 0) is 36.4 Å². The van der Waals surface area contributed by atoms with Crippen molar-refractivity contribution >= 4 is 17.8 Å². The van der Waals surface area contributed by atoms with Crippen LogP contribution in [0.1, 0.15) is 22.5 Å². The van der Waals surface area contributed by atoms with Gasteiger partial charge in [0.1, 0.15) is 11.5 Å². The Bertz CT molecular complexity index is 765. The zero-order valence-corrected chi connectivity index (χ0v) is 13.6. The summed E-state index contributed by atoms with van der Waals surface area (Å²) in [4.78, 5) is 37.3. The second-order valence-corrected chi connectivity index (χ2v) is 5.69. The first-order valence-corrected chi connectivity index (χ1v) is 7.77. The van der Waals surface area contributed by atoms with Crippen molar-refractivity contribution in [3.8, 4) is 5.75 Å². The first-order chi connectivity index (χ1) is 12.1. The molecule has 1 aliphatic heterocycles. The number of benzene rings is 1. The Kier molecular flexibility index (Phi) is 4.83. The highest BCUT2D eigenvalue weighted by Gasteiger charge is 2.35. The Labute approximate surface area is 144 Å². The lowest BCUT2D eigenvalue weighted by Gasteiger charge is -2.14. The number of carbonyl (C=O) groups is 3. The van der Waals surface area contributed by atoms with Crippen molar-refractivity contribution in [2.45, 2.75) is 13.0 Å². The molecule has 2 aromatic rings. The summed E-state index contributed by atoms with van der Waals surface area (Å²) >= 11 is 0. The molecule has 7 nitrogen and oxygen atoms in total. The van der Waals surface area contributed by atoms with Gasteiger partial charge in [-0.15, -0.1) is 0 Å². The highest BCUT2D eigenvalue weighted by atomic mass is 16.5. The highest BCUT2D eigenvalue weighted by molar-refractivity contribution is 5.90. The first-order valence-electron chi connectivity index (χ1n) is 7.77. The van der Waals surface area contributed by atoms with E-state index in [1.165, 1.54) is 31.4 Å². The van der Waals surface area contributed by atoms with Crippen LogP contribution in [0.3, 0.4) is 0 Å². The predicted molar refractivity (Wildman–Crippen MR) is 85.6 cm³/mol. The smallest absolute Gasteiger partial charge is 0.337 e. The van der Waals surface area contributed by atoms with Crippen molar-refractivity contribution in [1.82, 2.24) is 4.90 Å². The van der Waals surface area contributed by atoms with Crippen LogP contribution >= 0.6 is 0 Å². The number of carbonyl (C=O) groups excluding carboxylic acids is 3. The van der Waals surface area contributed by atoms with Crippen LogP contribution in [0.4, 0.5) is 0 Å². The van der Waals surface area contributed by atoms with Crippen molar-refractivity contribution in [3.63, 3.8) is 0 Å². The molecule has 1 saturated heterocycles. The van der Waals surface area contributed by atoms with Crippen LogP contribution in [0.2, 0.25) is 0 Å². The molecule has 7 heteroatoms. The number of ether oxygens (including phenoxy) is 2. The standard InChI is InChI=1S/C18H17NO6/c1-23-17(21)12-4-6-14(7-5-12)25-18(22)13-9-16(20)19(10-13)11-15-3-2-8-24-15/h2-8,13H,9-11H2,1H3/t13-/m0/s1. The van der Waals surface area contributed by atoms with Gasteiger partial charge in [0.05, 0.1) is 31.4 Å². The third-order valence-corrected chi connectivity index (χ3v) is 3.97. The fourth-order valence-electron chi connectivity index (χ4n) is 2.65. The topological polar surface area (TPSA) is 86.0 Å². The maximum Gasteiger partial charge on any atom is 0.337 e. The van der Waals surface area contributed by atoms with Crippen molar-refractivity contribution in [2.75, 3.05) is 13.7 Å². The number of hydrogen-bond acceptors (Lipinski definition) is 6. The third-order valence-electron chi connectivity index (χ3n) is 3.97. The molecule has 3 rings (SSSR count). The largest absolute Gasteiger partial charge is 0.467 e. The molecule has 1 aliphatic rings. The molecule has 1 atom stereocenters. The molecule has 130 valence electrons. The highest BCUT2D eigenvalue weighted by Crippen LogP contribution is 2.23. The lowest BCUT2D eigenvalue weighted by atomic mass is 10.1. The van der Waals surface area contributed by atoms with E-state index in [1.54, 1.807) is 23.3 Å². The van der Waals surface area contributed by atoms with Gasteiger partial charge in [-0.3, -0.25) is 9.59 Å². The van der Waals surface area contributed by atoms with Crippen LogP contribution < -0.4 is 4.74 Å². The summed E-state index contributed by atoms with van der Waals surface area (Å²) in [5.41, 5.74) is 0.364. The molecule has 1 aromatic carbocycles. The SMILES string of the molecule is COC(=O)c1ccc(OC(=O)[C@H]2CC(=O)N(Cc3ccco3)C2)cc1. The zero-order chi connectivity index (χ0) is 17.8. The van der Waals surface area contributed by atoms with E-state index in [-0.39, 0.29) is 12.3 Å². The number of furan rings is 1. The summed E-state index contributed by atoms with van der Waals surface area (Å²) in [6, 6.07) is 9.58. The quantitative estimate of drug-likeness (QED) is 0.610. The molecule has 0 spiro atoms. The van der Waals surface area contributed by atoms with Gasteiger partial charge in [0, 0.05) is 13.0 Å². The van der Waals surface area contributed by atoms with E-state index in [1.807, 2.05) is 0 Å². The molecule has 1 aromatic heterocycles. The van der Waals surface area contributed by atoms with Crippen molar-refractivity contribution < 1.29 is 28.3 Å². The summed E-state index contributed by atoms with van der Waals surface area (Å²) < 4.78 is 15.1. The van der Waals surface area contributed by atoms with Crippen LogP contribution in [-0.4, -0.2) is 36.4 Å². The van der Waals surface area contributed by atoms with E-state index in [9.17, 15) is 14.4 Å². The molecule has 25 heavy (non-hydrogen) atoms. The Morgan fingerprint density at radius 1 is 1.24 bits per heavy atom. The summed E-state index contributed by atoms with van der Waals surface area (Å²) in [6.07, 6.45) is 1.65. The average Bonchev–Trinajstić information content (AvgIpc) is 3.25. The second kappa shape index (κ2) is 7.21. The van der Waals surface area contributed by atoms with Gasteiger partial charge >= 0.3 is 11.9 Å². The van der Waals surface area contributed by atoms with Crippen LogP contribution in [-0.2, 0) is 20.9 Å². The second-order valence-electron chi connectivity index (χ2n) is 5.69. The van der Waals surface area contributed by atoms with E-state index >= 15 is 0 Å². The molecule has 0 bridgehead atoms. The minimum absolute atomic E-state index is 0.111. The van der Waals surface area contributed by atoms with Gasteiger partial charge in [0.25, 0.3) is 0 Å². The van der Waals surface area contributed by atoms with Crippen molar-refractivity contribution in [2.24, 2.45) is 5.92 Å². The summed E-state index contributed by atoms with van der Waals surface area (Å²) in [5.74, 6) is -0.591. The Morgan fingerprint density at radius 2 is 2.00 bits per heavy atom. The lowest BCUT2D eigenvalue weighted by Crippen LogP contribution is -2.27. The lowest BCUT2D eigenvalue weighted by molar-refractivity contribution is -0.139. The number of likely N-dealkylation sites (tertiary alicyclic amines) is 1. The van der Waals surface area contributed by atoms with Crippen LogP contribution in [0.15, 0.2) is 47.1 Å². The maximum absolute atomic E-state index is 12.3. The van der Waals surface area contributed by atoms with E-state index in [2.05, 4.69) is 4.74 Å². The van der Waals surface area contributed by atoms with E-state index in [4.69, 9.17) is 9.15 Å². The van der Waals surface area contributed by atoms with Crippen LogP contribution in [0.5, 0.6) is 5.75 Å². The minimum atomic E-state index is -0.525. The molecular weight excluding hydrogens is 326 g/mol. The summed E-state index contributed by atoms with van der Waals surface area (Å²) in [6.45, 7) is 0.627. The van der Waals surface area contributed by atoms with Gasteiger partial charge in [-0.25, -0.2) is 4.79 Å². The summed E-state index contributed by atoms with van der Waals surface area (Å²) in [7, 11) is 1.29. The van der Waals surface area contributed by atoms with E-state index in [0.717, 1.165) is 0 Å². The number of esters is 2. The normalized spacial score (nSPS) is 16.8. The number of amides is 1. The number of nitrogens with zero attached hydrogens (tertiary/aromatic N) is 1. The van der Waals surface area contributed by atoms with E-state index in [0.29, 0.717) is 30.2 Å². The third kappa shape index (κ3) is 3.88. The van der Waals surface area contributed by atoms with Gasteiger partial charge in [0.2, 0.25) is 5.91 Å². The monoisotopic (exact) mass is 343 g/mol. The molecule has 1 fully saturated rings. The van der Waals surface area contributed by atoms with Crippen LogP contribution in [0, 0.1) is 5.92 Å². The van der Waals surface area contributed by atoms with Gasteiger partial charge in [0.15, 0.2) is 0 Å². The Hall–Kier alpha value is -3.09. The molecule has 0 aliphatic carbocycles. The summed E-state index contributed by atoms with van der Waals surface area (Å²) in [5, 5.41) is 0. The maximum atomic E-state index is 12.3. The van der Waals surface area contributed by atoms with Crippen molar-refractivity contribution in [1.29, 1.82) is 0 Å². The molecule has 0 saturated carbocycles. The molecule has 2 heterocycles. The molecule has 0 unspecified atom stereocenters. The number of methoxy groups -OCH3 is 1. The first kappa shape index (κ1) is 16.8. The number of rotatable bonds is 5. The zero-order valence-electron chi connectivity index (χ0n) is 13.6. The van der Waals surface area contributed by atoms with Gasteiger partial charge in [-0.2, -0.15) is 0 Å². The Morgan fingerprint density at radius 3 is 2.64 bits per heavy atom. The molecular formula is C18H17NO6. The number of hydrogen-bond donors (Lipinski definition) is 0. The van der Waals surface area contributed by atoms with Gasteiger partial charge < -0.3 is 18.8 Å². The Balaban J connectivity index is 1.58.